The van der Waals surface area contributed by atoms with Gasteiger partial charge in [-0.05, 0) is 69.9 Å². The van der Waals surface area contributed by atoms with Gasteiger partial charge in [0, 0.05) is 27.5 Å². The predicted octanol–water partition coefficient (Wildman–Crippen LogP) is 12.1. The molecule has 0 aliphatic heterocycles. The van der Waals surface area contributed by atoms with Gasteiger partial charge in [-0.2, -0.15) is 5.10 Å². The molecule has 0 amide bonds. The van der Waals surface area contributed by atoms with Gasteiger partial charge in [0.2, 0.25) is 0 Å². The summed E-state index contributed by atoms with van der Waals surface area (Å²) in [5.41, 5.74) is 15.1. The van der Waals surface area contributed by atoms with Crippen LogP contribution < -0.4 is 5.43 Å². The fourth-order valence-corrected chi connectivity index (χ4v) is 7.40. The van der Waals surface area contributed by atoms with E-state index in [1.807, 2.05) is 72.8 Å². The van der Waals surface area contributed by atoms with Gasteiger partial charge in [0.1, 0.15) is 16.9 Å². The molecule has 0 saturated heterocycles. The van der Waals surface area contributed by atoms with E-state index in [1.165, 1.54) is 0 Å². The lowest BCUT2D eigenvalue weighted by molar-refractivity contribution is 0.669. The smallest absolute Gasteiger partial charge is 0.164 e. The number of fused-ring (bicyclic) bond motifs is 6. The number of nitrogens with one attached hydrogen (secondary N) is 2. The highest BCUT2D eigenvalue weighted by Crippen LogP contribution is 2.39. The van der Waals surface area contributed by atoms with E-state index in [9.17, 15) is 0 Å². The van der Waals surface area contributed by atoms with Gasteiger partial charge >= 0.3 is 0 Å². The number of aromatic nitrogens is 2. The molecule has 1 aliphatic carbocycles. The molecule has 0 saturated carbocycles. The van der Waals surface area contributed by atoms with Crippen molar-refractivity contribution in [1.82, 2.24) is 9.97 Å². The second-order valence-electron chi connectivity index (χ2n) is 13.3. The summed E-state index contributed by atoms with van der Waals surface area (Å²) in [4.78, 5) is 10.5. The van der Waals surface area contributed by atoms with Crippen LogP contribution in [-0.2, 0) is 0 Å². The number of hydrogen-bond acceptors (Lipinski definition) is 6. The van der Waals surface area contributed by atoms with Gasteiger partial charge in [0.15, 0.2) is 5.82 Å². The number of furan rings is 1. The third-order valence-corrected chi connectivity index (χ3v) is 10.00. The molecule has 2 aromatic heterocycles. The number of para-hydroxylation sites is 3. The van der Waals surface area contributed by atoms with Crippen molar-refractivity contribution < 1.29 is 4.42 Å². The molecule has 0 atom stereocenters. The maximum Gasteiger partial charge on any atom is 0.164 e. The Morgan fingerprint density at radius 1 is 0.537 bits per heavy atom. The lowest BCUT2D eigenvalue weighted by Gasteiger charge is -2.18. The zero-order chi connectivity index (χ0) is 36.0. The quantitative estimate of drug-likeness (QED) is 0.170. The summed E-state index contributed by atoms with van der Waals surface area (Å²) in [5, 5.41) is 17.6. The SMILES string of the molecule is N=C1C=Cc2ccc3cc(-c4cc(-c5ccccc5-c5ccccc5)nc(-c5cccc6c5oc5ccccc56)n4)ccc3c2/C1=N/Nc1ccccc1. The van der Waals surface area contributed by atoms with Gasteiger partial charge < -0.3 is 4.42 Å². The van der Waals surface area contributed by atoms with Crippen molar-refractivity contribution in [1.29, 1.82) is 5.41 Å². The van der Waals surface area contributed by atoms with Crippen molar-refractivity contribution in [3.8, 4) is 45.0 Å². The minimum absolute atomic E-state index is 0.351. The van der Waals surface area contributed by atoms with Crippen LogP contribution in [-0.4, -0.2) is 21.4 Å². The van der Waals surface area contributed by atoms with Crippen molar-refractivity contribution >= 4 is 55.9 Å². The molecule has 2 N–H and O–H groups in total. The van der Waals surface area contributed by atoms with Crippen LogP contribution in [0.2, 0.25) is 0 Å². The minimum Gasteiger partial charge on any atom is -0.455 e. The van der Waals surface area contributed by atoms with Crippen LogP contribution in [0.25, 0.3) is 83.8 Å². The Labute approximate surface area is 311 Å². The maximum absolute atomic E-state index is 8.80. The topological polar surface area (TPSA) is 87.2 Å². The van der Waals surface area contributed by atoms with Crippen molar-refractivity contribution in [3.63, 3.8) is 0 Å². The molecule has 10 rings (SSSR count). The maximum atomic E-state index is 8.80. The van der Waals surface area contributed by atoms with Gasteiger partial charge in [-0.25, -0.2) is 9.97 Å². The van der Waals surface area contributed by atoms with Gasteiger partial charge in [-0.1, -0.05) is 133 Å². The lowest BCUT2D eigenvalue weighted by Crippen LogP contribution is -2.19. The fourth-order valence-electron chi connectivity index (χ4n) is 7.40. The van der Waals surface area contributed by atoms with Gasteiger partial charge in [-0.15, -0.1) is 0 Å². The summed E-state index contributed by atoms with van der Waals surface area (Å²) in [6, 6.07) is 55.6. The fraction of sp³-hybridized carbons (Fsp3) is 0. The molecule has 0 unspecified atom stereocenters. The van der Waals surface area contributed by atoms with Crippen molar-refractivity contribution in [2.45, 2.75) is 0 Å². The number of allylic oxidation sites excluding steroid dienone is 1. The molecule has 0 fully saturated rings. The highest BCUT2D eigenvalue weighted by atomic mass is 16.3. The van der Waals surface area contributed by atoms with E-state index < -0.39 is 0 Å². The Hall–Kier alpha value is -7.44. The molecule has 1 aliphatic rings. The predicted molar refractivity (Wildman–Crippen MR) is 222 cm³/mol. The molecular weight excluding hydrogens is 663 g/mol. The summed E-state index contributed by atoms with van der Waals surface area (Å²) in [6.07, 6.45) is 3.78. The number of hydrogen-bond donors (Lipinski definition) is 2. The molecule has 254 valence electrons. The minimum atomic E-state index is 0.351. The van der Waals surface area contributed by atoms with E-state index in [2.05, 4.69) is 102 Å². The van der Waals surface area contributed by atoms with E-state index in [-0.39, 0.29) is 0 Å². The van der Waals surface area contributed by atoms with Gasteiger partial charge in [-0.3, -0.25) is 10.8 Å². The molecule has 2 heterocycles. The zero-order valence-electron chi connectivity index (χ0n) is 29.0. The zero-order valence-corrected chi connectivity index (χ0v) is 29.0. The Kier molecular flexibility index (Phi) is 7.51. The highest BCUT2D eigenvalue weighted by molar-refractivity contribution is 6.55. The summed E-state index contributed by atoms with van der Waals surface area (Å²) in [5.74, 6) is 0.584. The average molecular weight is 694 g/mol. The Morgan fingerprint density at radius 2 is 1.26 bits per heavy atom. The first-order valence-corrected chi connectivity index (χ1v) is 17.9. The molecule has 6 heteroatoms. The standard InChI is InChI=1S/C48H31N5O/c49-41-27-25-31-22-23-32-28-33(24-26-36(32)45(31)46(41)53-52-34-14-5-2-6-15-34)42-29-43(37-17-8-7-16-35(37)30-12-3-1-4-13-30)51-48(50-42)40-20-11-19-39-38-18-9-10-21-44(38)54-47(39)40/h1-29,49,52H/b49-41?,53-46+. The Morgan fingerprint density at radius 3 is 2.13 bits per heavy atom. The largest absolute Gasteiger partial charge is 0.455 e. The highest BCUT2D eigenvalue weighted by Gasteiger charge is 2.22. The third kappa shape index (κ3) is 5.45. The molecule has 9 aromatic rings. The number of nitrogens with zero attached hydrogens (tertiary/aromatic N) is 3. The van der Waals surface area contributed by atoms with Crippen molar-refractivity contribution in [2.75, 3.05) is 5.43 Å². The molecule has 7 aromatic carbocycles. The van der Waals surface area contributed by atoms with Crippen LogP contribution >= 0.6 is 0 Å². The molecule has 54 heavy (non-hydrogen) atoms. The average Bonchev–Trinajstić information content (AvgIpc) is 3.62. The van der Waals surface area contributed by atoms with Gasteiger partial charge in [0.25, 0.3) is 0 Å². The normalized spacial score (nSPS) is 13.2. The van der Waals surface area contributed by atoms with E-state index >= 15 is 0 Å². The first kappa shape index (κ1) is 31.3. The van der Waals surface area contributed by atoms with Crippen molar-refractivity contribution in [3.05, 3.63) is 181 Å². The Bertz CT molecular complexity index is 2980. The first-order valence-electron chi connectivity index (χ1n) is 17.9. The van der Waals surface area contributed by atoms with E-state index in [4.69, 9.17) is 24.9 Å². The summed E-state index contributed by atoms with van der Waals surface area (Å²) >= 11 is 0. The second-order valence-corrected chi connectivity index (χ2v) is 13.3. The number of anilines is 1. The summed E-state index contributed by atoms with van der Waals surface area (Å²) in [7, 11) is 0. The van der Waals surface area contributed by atoms with Crippen LogP contribution in [0.15, 0.2) is 179 Å². The van der Waals surface area contributed by atoms with E-state index in [0.29, 0.717) is 17.2 Å². The number of hydrazone groups is 1. The second kappa shape index (κ2) is 13.0. The molecule has 0 radical (unpaired) electrons. The van der Waals surface area contributed by atoms with Crippen LogP contribution in [0.5, 0.6) is 0 Å². The van der Waals surface area contributed by atoms with E-state index in [0.717, 1.165) is 88.7 Å². The molecule has 6 nitrogen and oxygen atoms in total. The molecule has 0 spiro atoms. The monoisotopic (exact) mass is 693 g/mol. The van der Waals surface area contributed by atoms with Gasteiger partial charge in [0.05, 0.1) is 28.4 Å². The van der Waals surface area contributed by atoms with Crippen LogP contribution in [0.3, 0.4) is 0 Å². The lowest BCUT2D eigenvalue weighted by atomic mass is 9.88. The molecular formula is C48H31N5O. The molecule has 0 bridgehead atoms. The van der Waals surface area contributed by atoms with E-state index in [1.54, 1.807) is 6.08 Å². The van der Waals surface area contributed by atoms with Crippen LogP contribution in [0, 0.1) is 5.41 Å². The summed E-state index contributed by atoms with van der Waals surface area (Å²) < 4.78 is 6.48. The van der Waals surface area contributed by atoms with Crippen LogP contribution in [0.1, 0.15) is 11.1 Å². The van der Waals surface area contributed by atoms with Crippen molar-refractivity contribution in [2.24, 2.45) is 5.10 Å². The number of rotatable bonds is 6. The number of benzene rings is 7. The first-order chi connectivity index (χ1) is 26.7. The third-order valence-electron chi connectivity index (χ3n) is 10.00. The summed E-state index contributed by atoms with van der Waals surface area (Å²) in [6.45, 7) is 0. The Balaban J connectivity index is 1.16. The van der Waals surface area contributed by atoms with Crippen LogP contribution in [0.4, 0.5) is 5.69 Å².